The summed E-state index contributed by atoms with van der Waals surface area (Å²) in [4.78, 5) is 11.8. The van der Waals surface area contributed by atoms with Crippen molar-refractivity contribution in [1.29, 1.82) is 0 Å². The highest BCUT2D eigenvalue weighted by atomic mass is 79.9. The van der Waals surface area contributed by atoms with Gasteiger partial charge in [0.2, 0.25) is 0 Å². The number of nitrogens with zero attached hydrogens (tertiary/aromatic N) is 1. The predicted molar refractivity (Wildman–Crippen MR) is 67.2 cm³/mol. The van der Waals surface area contributed by atoms with Crippen molar-refractivity contribution in [3.8, 4) is 0 Å². The van der Waals surface area contributed by atoms with E-state index in [-0.39, 0.29) is 5.91 Å². The molecule has 4 heteroatoms. The maximum absolute atomic E-state index is 11.8. The second-order valence-electron chi connectivity index (χ2n) is 3.36. The molecule has 0 aliphatic carbocycles. The van der Waals surface area contributed by atoms with E-state index < -0.39 is 0 Å². The molecule has 0 saturated carbocycles. The average Bonchev–Trinajstić information content (AvgIpc) is 2.82. The second kappa shape index (κ2) is 4.99. The van der Waals surface area contributed by atoms with E-state index in [0.717, 1.165) is 10.9 Å². The lowest BCUT2D eigenvalue weighted by Crippen LogP contribution is -2.21. The Morgan fingerprint density at radius 1 is 1.19 bits per heavy atom. The molecule has 0 aliphatic heterocycles. The highest BCUT2D eigenvalue weighted by Crippen LogP contribution is 2.08. The van der Waals surface area contributed by atoms with E-state index in [9.17, 15) is 4.79 Å². The summed E-state index contributed by atoms with van der Waals surface area (Å²) in [5, 5.41) is 0.798. The van der Waals surface area contributed by atoms with E-state index in [0.29, 0.717) is 5.56 Å². The van der Waals surface area contributed by atoms with Crippen LogP contribution in [0, 0.1) is 0 Å². The fourth-order valence-corrected chi connectivity index (χ4v) is 1.71. The molecular formula is C12H11BrN2O. The number of hydrogen-bond donors (Lipinski definition) is 1. The molecule has 1 aromatic carbocycles. The van der Waals surface area contributed by atoms with Crippen LogP contribution >= 0.6 is 15.9 Å². The number of benzene rings is 1. The first-order chi connectivity index (χ1) is 7.79. The van der Waals surface area contributed by atoms with Crippen LogP contribution in [0.1, 0.15) is 15.9 Å². The predicted octanol–water partition coefficient (Wildman–Crippen LogP) is 2.77. The molecule has 2 rings (SSSR count). The average molecular weight is 279 g/mol. The molecule has 2 aromatic rings. The lowest BCUT2D eigenvalue weighted by Gasteiger charge is -2.06. The summed E-state index contributed by atoms with van der Waals surface area (Å²) in [6.45, 7) is 0. The first-order valence-corrected chi connectivity index (χ1v) is 6.01. The minimum atomic E-state index is -0.114. The Kier molecular flexibility index (Phi) is 3.41. The van der Waals surface area contributed by atoms with Gasteiger partial charge in [0.05, 0.1) is 0 Å². The molecule has 0 aliphatic rings. The Bertz CT molecular complexity index is 462. The third kappa shape index (κ3) is 2.52. The van der Waals surface area contributed by atoms with Crippen molar-refractivity contribution < 1.29 is 4.79 Å². The molecule has 3 nitrogen and oxygen atoms in total. The summed E-state index contributed by atoms with van der Waals surface area (Å²) in [5.41, 5.74) is 4.54. The van der Waals surface area contributed by atoms with Gasteiger partial charge in [-0.2, -0.15) is 0 Å². The minimum Gasteiger partial charge on any atom is -0.268 e. The van der Waals surface area contributed by atoms with E-state index in [1.807, 2.05) is 36.4 Å². The van der Waals surface area contributed by atoms with Crippen LogP contribution < -0.4 is 5.43 Å². The van der Waals surface area contributed by atoms with Crippen molar-refractivity contribution in [3.63, 3.8) is 0 Å². The molecule has 1 N–H and O–H groups in total. The number of amides is 1. The zero-order valence-electron chi connectivity index (χ0n) is 8.56. The lowest BCUT2D eigenvalue weighted by molar-refractivity contribution is 0.101. The number of halogens is 1. The molecular weight excluding hydrogens is 268 g/mol. The van der Waals surface area contributed by atoms with Gasteiger partial charge in [0.25, 0.3) is 5.91 Å². The molecule has 16 heavy (non-hydrogen) atoms. The van der Waals surface area contributed by atoms with Crippen LogP contribution in [0.25, 0.3) is 0 Å². The van der Waals surface area contributed by atoms with E-state index in [1.54, 1.807) is 17.1 Å². The highest BCUT2D eigenvalue weighted by Gasteiger charge is 2.04. The summed E-state index contributed by atoms with van der Waals surface area (Å²) in [5.74, 6) is -0.114. The van der Waals surface area contributed by atoms with Crippen molar-refractivity contribution in [2.24, 2.45) is 0 Å². The van der Waals surface area contributed by atoms with Gasteiger partial charge in [0.15, 0.2) is 0 Å². The van der Waals surface area contributed by atoms with E-state index in [4.69, 9.17) is 0 Å². The number of carbonyl (C=O) groups excluding carboxylic acids is 1. The molecule has 1 heterocycles. The van der Waals surface area contributed by atoms with Crippen LogP contribution in [-0.4, -0.2) is 10.6 Å². The molecule has 1 amide bonds. The molecule has 0 spiro atoms. The smallest absolute Gasteiger partial charge is 0.268 e. The molecule has 1 aromatic heterocycles. The first kappa shape index (κ1) is 11.0. The Morgan fingerprint density at radius 3 is 2.38 bits per heavy atom. The number of carbonyl (C=O) groups is 1. The fourth-order valence-electron chi connectivity index (χ4n) is 1.34. The maximum atomic E-state index is 11.8. The van der Waals surface area contributed by atoms with Crippen molar-refractivity contribution in [1.82, 2.24) is 4.68 Å². The Labute approximate surface area is 102 Å². The van der Waals surface area contributed by atoms with E-state index >= 15 is 0 Å². The van der Waals surface area contributed by atoms with Crippen LogP contribution in [0.2, 0.25) is 0 Å². The number of alkyl halides is 1. The third-order valence-corrected chi connectivity index (χ3v) is 2.85. The largest absolute Gasteiger partial charge is 0.270 e. The van der Waals surface area contributed by atoms with Crippen LogP contribution in [-0.2, 0) is 5.33 Å². The molecule has 0 fully saturated rings. The Balaban J connectivity index is 2.09. The SMILES string of the molecule is O=C(Nn1cccc1)c1ccc(CBr)cc1. The zero-order chi connectivity index (χ0) is 11.4. The number of hydrogen-bond acceptors (Lipinski definition) is 1. The van der Waals surface area contributed by atoms with Gasteiger partial charge in [-0.1, -0.05) is 28.1 Å². The van der Waals surface area contributed by atoms with Crippen LogP contribution in [0.3, 0.4) is 0 Å². The Hall–Kier alpha value is -1.55. The van der Waals surface area contributed by atoms with Gasteiger partial charge in [0, 0.05) is 23.3 Å². The molecule has 0 unspecified atom stereocenters. The van der Waals surface area contributed by atoms with Gasteiger partial charge in [-0.05, 0) is 29.8 Å². The van der Waals surface area contributed by atoms with E-state index in [1.165, 1.54) is 0 Å². The molecule has 0 atom stereocenters. The van der Waals surface area contributed by atoms with Crippen LogP contribution in [0.4, 0.5) is 0 Å². The summed E-state index contributed by atoms with van der Waals surface area (Å²) < 4.78 is 1.63. The third-order valence-electron chi connectivity index (χ3n) is 2.21. The summed E-state index contributed by atoms with van der Waals surface area (Å²) >= 11 is 3.36. The van der Waals surface area contributed by atoms with Crippen molar-refractivity contribution in [3.05, 3.63) is 59.9 Å². The normalized spacial score (nSPS) is 10.1. The molecule has 0 bridgehead atoms. The monoisotopic (exact) mass is 278 g/mol. The van der Waals surface area contributed by atoms with Crippen molar-refractivity contribution in [2.75, 3.05) is 5.43 Å². The Morgan fingerprint density at radius 2 is 1.81 bits per heavy atom. The topological polar surface area (TPSA) is 34.0 Å². The number of aromatic nitrogens is 1. The lowest BCUT2D eigenvalue weighted by atomic mass is 10.1. The standard InChI is InChI=1S/C12H11BrN2O/c13-9-10-3-5-11(6-4-10)12(16)14-15-7-1-2-8-15/h1-8H,9H2,(H,14,16). The van der Waals surface area contributed by atoms with Crippen LogP contribution in [0.5, 0.6) is 0 Å². The molecule has 0 radical (unpaired) electrons. The summed E-state index contributed by atoms with van der Waals surface area (Å²) in [7, 11) is 0. The maximum Gasteiger partial charge on any atom is 0.270 e. The van der Waals surface area contributed by atoms with Gasteiger partial charge >= 0.3 is 0 Å². The molecule has 82 valence electrons. The quantitative estimate of drug-likeness (QED) is 0.861. The number of rotatable bonds is 3. The van der Waals surface area contributed by atoms with Crippen LogP contribution in [0.15, 0.2) is 48.8 Å². The highest BCUT2D eigenvalue weighted by molar-refractivity contribution is 9.08. The fraction of sp³-hybridized carbons (Fsp3) is 0.0833. The van der Waals surface area contributed by atoms with Gasteiger partial charge in [-0.3, -0.25) is 14.9 Å². The zero-order valence-corrected chi connectivity index (χ0v) is 10.1. The second-order valence-corrected chi connectivity index (χ2v) is 3.92. The summed E-state index contributed by atoms with van der Waals surface area (Å²) in [6.07, 6.45) is 3.56. The first-order valence-electron chi connectivity index (χ1n) is 4.89. The summed E-state index contributed by atoms with van der Waals surface area (Å²) in [6, 6.07) is 11.2. The van der Waals surface area contributed by atoms with Gasteiger partial charge < -0.3 is 0 Å². The molecule has 0 saturated heterocycles. The van der Waals surface area contributed by atoms with Gasteiger partial charge in [0.1, 0.15) is 0 Å². The number of nitrogens with one attached hydrogen (secondary N) is 1. The van der Waals surface area contributed by atoms with Gasteiger partial charge in [-0.15, -0.1) is 0 Å². The van der Waals surface area contributed by atoms with Crippen molar-refractivity contribution in [2.45, 2.75) is 5.33 Å². The van der Waals surface area contributed by atoms with E-state index in [2.05, 4.69) is 21.4 Å². The van der Waals surface area contributed by atoms with Gasteiger partial charge in [-0.25, -0.2) is 0 Å². The minimum absolute atomic E-state index is 0.114. The van der Waals surface area contributed by atoms with Crippen molar-refractivity contribution >= 4 is 21.8 Å².